The highest BCUT2D eigenvalue weighted by Gasteiger charge is 2.17. The highest BCUT2D eigenvalue weighted by molar-refractivity contribution is 7.21. The first-order valence-corrected chi connectivity index (χ1v) is 7.01. The fourth-order valence-corrected chi connectivity index (χ4v) is 2.73. The predicted molar refractivity (Wildman–Crippen MR) is 79.6 cm³/mol. The summed E-state index contributed by atoms with van der Waals surface area (Å²) >= 11 is 1.27. The number of nitrogens with two attached hydrogens (primary N) is 1. The second kappa shape index (κ2) is 5.87. The van der Waals surface area contributed by atoms with Crippen LogP contribution in [0.2, 0.25) is 0 Å². The normalized spacial score (nSPS) is 10.8. The van der Waals surface area contributed by atoms with E-state index in [4.69, 9.17) is 5.73 Å². The predicted octanol–water partition coefficient (Wildman–Crippen LogP) is 1.13. The van der Waals surface area contributed by atoms with Gasteiger partial charge < -0.3 is 16.4 Å². The molecule has 0 aliphatic carbocycles. The van der Waals surface area contributed by atoms with Gasteiger partial charge in [-0.2, -0.15) is 0 Å². The summed E-state index contributed by atoms with van der Waals surface area (Å²) in [6.07, 6.45) is 1.63. The molecule has 0 atom stereocenters. The number of thiophene rings is 1. The molecule has 0 saturated heterocycles. The van der Waals surface area contributed by atoms with Gasteiger partial charge in [-0.1, -0.05) is 0 Å². The summed E-state index contributed by atoms with van der Waals surface area (Å²) in [6, 6.07) is 3.68. The molecular formula is C13H16N4O2S. The van der Waals surface area contributed by atoms with Gasteiger partial charge in [0, 0.05) is 12.2 Å². The molecule has 0 unspecified atom stereocenters. The van der Waals surface area contributed by atoms with Crippen molar-refractivity contribution in [3.8, 4) is 0 Å². The molecule has 2 aromatic rings. The molecule has 2 aromatic heterocycles. The van der Waals surface area contributed by atoms with Crippen molar-refractivity contribution in [3.05, 3.63) is 23.2 Å². The van der Waals surface area contributed by atoms with Crippen LogP contribution in [0.3, 0.4) is 0 Å². The Kier molecular flexibility index (Phi) is 4.19. The molecule has 4 N–H and O–H groups in total. The summed E-state index contributed by atoms with van der Waals surface area (Å²) < 4.78 is 0.849. The average Bonchev–Trinajstić information content (AvgIpc) is 2.73. The molecular weight excluding hydrogens is 276 g/mol. The first-order chi connectivity index (χ1) is 9.49. The lowest BCUT2D eigenvalue weighted by atomic mass is 10.3. The van der Waals surface area contributed by atoms with E-state index >= 15 is 0 Å². The molecule has 6 nitrogen and oxygen atoms in total. The van der Waals surface area contributed by atoms with Crippen LogP contribution >= 0.6 is 11.3 Å². The zero-order valence-electron chi connectivity index (χ0n) is 11.3. The fourth-order valence-electron chi connectivity index (χ4n) is 1.73. The molecule has 0 aromatic carbocycles. The van der Waals surface area contributed by atoms with Crippen LogP contribution in [0.5, 0.6) is 0 Å². The van der Waals surface area contributed by atoms with Gasteiger partial charge in [-0.15, -0.1) is 11.3 Å². The molecule has 2 amide bonds. The molecule has 7 heteroatoms. The number of nitrogens with zero attached hydrogens (tertiary/aromatic N) is 1. The van der Waals surface area contributed by atoms with E-state index in [1.54, 1.807) is 12.3 Å². The largest absolute Gasteiger partial charge is 0.396 e. The van der Waals surface area contributed by atoms with Crippen LogP contribution in [0.25, 0.3) is 10.2 Å². The standard InChI is InChI=1S/C13H16N4O2S/c1-7(2)17-9(18)6-16-13(19)12-10(14)11-8(20-12)4-3-5-15-11/h3-5,7H,6,14H2,1-2H3,(H,16,19)(H,17,18). The van der Waals surface area contributed by atoms with Gasteiger partial charge in [-0.3, -0.25) is 14.6 Å². The maximum absolute atomic E-state index is 12.0. The van der Waals surface area contributed by atoms with Crippen molar-refractivity contribution in [3.63, 3.8) is 0 Å². The third-order valence-corrected chi connectivity index (χ3v) is 3.71. The van der Waals surface area contributed by atoms with E-state index in [0.29, 0.717) is 16.1 Å². The van der Waals surface area contributed by atoms with Gasteiger partial charge in [-0.25, -0.2) is 0 Å². The molecule has 0 aliphatic heterocycles. The Hall–Kier alpha value is -2.15. The highest BCUT2D eigenvalue weighted by atomic mass is 32.1. The zero-order valence-corrected chi connectivity index (χ0v) is 12.1. The first-order valence-electron chi connectivity index (χ1n) is 6.19. The summed E-state index contributed by atoms with van der Waals surface area (Å²) in [4.78, 5) is 28.0. The summed E-state index contributed by atoms with van der Waals surface area (Å²) in [7, 11) is 0. The van der Waals surface area contributed by atoms with E-state index < -0.39 is 0 Å². The number of nitrogen functional groups attached to an aromatic ring is 1. The first kappa shape index (κ1) is 14.3. The van der Waals surface area contributed by atoms with Crippen LogP contribution in [0.4, 0.5) is 5.69 Å². The van der Waals surface area contributed by atoms with E-state index in [9.17, 15) is 9.59 Å². The van der Waals surface area contributed by atoms with Crippen molar-refractivity contribution >= 4 is 39.1 Å². The Morgan fingerprint density at radius 1 is 1.45 bits per heavy atom. The van der Waals surface area contributed by atoms with Crippen molar-refractivity contribution < 1.29 is 9.59 Å². The Labute approximate surface area is 120 Å². The summed E-state index contributed by atoms with van der Waals surface area (Å²) in [5.74, 6) is -0.587. The average molecular weight is 292 g/mol. The van der Waals surface area contributed by atoms with Crippen LogP contribution in [0, 0.1) is 0 Å². The Morgan fingerprint density at radius 2 is 2.20 bits per heavy atom. The van der Waals surface area contributed by atoms with Crippen LogP contribution in [-0.4, -0.2) is 29.4 Å². The fraction of sp³-hybridized carbons (Fsp3) is 0.308. The van der Waals surface area contributed by atoms with Gasteiger partial charge in [0.2, 0.25) is 5.91 Å². The summed E-state index contributed by atoms with van der Waals surface area (Å²) in [6.45, 7) is 3.64. The molecule has 2 rings (SSSR count). The van der Waals surface area contributed by atoms with Crippen molar-refractivity contribution in [2.24, 2.45) is 0 Å². The molecule has 0 saturated carbocycles. The second-order valence-corrected chi connectivity index (χ2v) is 5.65. The molecule has 106 valence electrons. The smallest absolute Gasteiger partial charge is 0.264 e. The molecule has 2 heterocycles. The van der Waals surface area contributed by atoms with Gasteiger partial charge in [-0.05, 0) is 26.0 Å². The monoisotopic (exact) mass is 292 g/mol. The second-order valence-electron chi connectivity index (χ2n) is 4.60. The van der Waals surface area contributed by atoms with Gasteiger partial charge in [0.25, 0.3) is 5.91 Å². The maximum atomic E-state index is 12.0. The number of anilines is 1. The molecule has 0 spiro atoms. The topological polar surface area (TPSA) is 97.1 Å². The molecule has 20 heavy (non-hydrogen) atoms. The number of carbonyl (C=O) groups excluding carboxylic acids is 2. The number of aromatic nitrogens is 1. The Bertz CT molecular complexity index is 651. The number of amides is 2. The minimum Gasteiger partial charge on any atom is -0.396 e. The van der Waals surface area contributed by atoms with Crippen molar-refractivity contribution in [2.75, 3.05) is 12.3 Å². The van der Waals surface area contributed by atoms with E-state index in [1.165, 1.54) is 11.3 Å². The molecule has 0 radical (unpaired) electrons. The third kappa shape index (κ3) is 3.05. The number of hydrogen-bond acceptors (Lipinski definition) is 5. The van der Waals surface area contributed by atoms with E-state index in [1.807, 2.05) is 19.9 Å². The molecule has 0 bridgehead atoms. The maximum Gasteiger partial charge on any atom is 0.264 e. The lowest BCUT2D eigenvalue weighted by molar-refractivity contribution is -0.120. The SMILES string of the molecule is CC(C)NC(=O)CNC(=O)c1sc2cccnc2c1N. The Morgan fingerprint density at radius 3 is 2.85 bits per heavy atom. The van der Waals surface area contributed by atoms with Crippen molar-refractivity contribution in [1.29, 1.82) is 0 Å². The van der Waals surface area contributed by atoms with Gasteiger partial charge in [0.1, 0.15) is 10.4 Å². The van der Waals surface area contributed by atoms with Gasteiger partial charge in [0.15, 0.2) is 0 Å². The Balaban J connectivity index is 2.08. The van der Waals surface area contributed by atoms with E-state index in [2.05, 4.69) is 15.6 Å². The van der Waals surface area contributed by atoms with Crippen LogP contribution in [-0.2, 0) is 4.79 Å². The number of pyridine rings is 1. The molecule has 0 fully saturated rings. The van der Waals surface area contributed by atoms with Gasteiger partial charge in [0.05, 0.1) is 16.9 Å². The highest BCUT2D eigenvalue weighted by Crippen LogP contribution is 2.31. The van der Waals surface area contributed by atoms with Crippen molar-refractivity contribution in [2.45, 2.75) is 19.9 Å². The number of fused-ring (bicyclic) bond motifs is 1. The number of nitrogens with one attached hydrogen (secondary N) is 2. The zero-order chi connectivity index (χ0) is 14.7. The number of carbonyl (C=O) groups is 2. The lowest BCUT2D eigenvalue weighted by Crippen LogP contribution is -2.39. The molecule has 0 aliphatic rings. The minimum atomic E-state index is -0.357. The lowest BCUT2D eigenvalue weighted by Gasteiger charge is -2.08. The summed E-state index contributed by atoms with van der Waals surface area (Å²) in [5, 5.41) is 5.25. The number of hydrogen-bond donors (Lipinski definition) is 3. The quantitative estimate of drug-likeness (QED) is 0.787. The van der Waals surface area contributed by atoms with Gasteiger partial charge >= 0.3 is 0 Å². The van der Waals surface area contributed by atoms with E-state index in [-0.39, 0.29) is 24.4 Å². The number of rotatable bonds is 4. The third-order valence-electron chi connectivity index (χ3n) is 2.55. The van der Waals surface area contributed by atoms with E-state index in [0.717, 1.165) is 4.70 Å². The van der Waals surface area contributed by atoms with Crippen LogP contribution in [0.1, 0.15) is 23.5 Å². The minimum absolute atomic E-state index is 0.0398. The van der Waals surface area contributed by atoms with Crippen LogP contribution in [0.15, 0.2) is 18.3 Å². The van der Waals surface area contributed by atoms with Crippen molar-refractivity contribution in [1.82, 2.24) is 15.6 Å². The van der Waals surface area contributed by atoms with Crippen LogP contribution < -0.4 is 16.4 Å². The summed E-state index contributed by atoms with van der Waals surface area (Å²) in [5.41, 5.74) is 6.89.